The van der Waals surface area contributed by atoms with Crippen molar-refractivity contribution in [2.45, 2.75) is 20.8 Å². The number of carbonyl (C=O) groups excluding carboxylic acids is 1. The van der Waals surface area contributed by atoms with Gasteiger partial charge >= 0.3 is 0 Å². The number of pyridine rings is 1. The molecule has 0 saturated heterocycles. The van der Waals surface area contributed by atoms with E-state index in [1.54, 1.807) is 18.3 Å². The van der Waals surface area contributed by atoms with Crippen molar-refractivity contribution in [3.8, 4) is 0 Å². The fraction of sp³-hybridized carbons (Fsp3) is 0.417. The number of aromatic nitrogens is 1. The van der Waals surface area contributed by atoms with Gasteiger partial charge in [0.25, 0.3) is 0 Å². The summed E-state index contributed by atoms with van der Waals surface area (Å²) in [7, 11) is 0. The number of carbonyl (C=O) groups is 1. The van der Waals surface area contributed by atoms with Gasteiger partial charge in [-0.2, -0.15) is 0 Å². The largest absolute Gasteiger partial charge is 0.393 e. The van der Waals surface area contributed by atoms with Crippen LogP contribution in [0.1, 0.15) is 19.5 Å². The Balaban J connectivity index is 2.81. The predicted molar refractivity (Wildman–Crippen MR) is 72.7 cm³/mol. The molecule has 92 valence electrons. The van der Waals surface area contributed by atoms with Gasteiger partial charge in [0.1, 0.15) is 0 Å². The van der Waals surface area contributed by atoms with Gasteiger partial charge in [-0.25, -0.2) is 0 Å². The minimum absolute atomic E-state index is 0.0791. The Hall–Kier alpha value is -1.49. The van der Waals surface area contributed by atoms with E-state index in [1.165, 1.54) is 0 Å². The molecule has 17 heavy (non-hydrogen) atoms. The monoisotopic (exact) mass is 251 g/mol. The topological polar surface area (TPSA) is 68.0 Å². The van der Waals surface area contributed by atoms with Crippen molar-refractivity contribution in [1.82, 2.24) is 4.98 Å². The first-order valence-corrected chi connectivity index (χ1v) is 5.85. The van der Waals surface area contributed by atoms with Crippen LogP contribution in [0.2, 0.25) is 0 Å². The second-order valence-corrected chi connectivity index (χ2v) is 4.77. The molecule has 1 unspecified atom stereocenters. The zero-order valence-electron chi connectivity index (χ0n) is 10.2. The Bertz CT molecular complexity index is 432. The molecule has 5 heteroatoms. The molecule has 0 aromatic carbocycles. The van der Waals surface area contributed by atoms with E-state index in [9.17, 15) is 4.79 Å². The molecule has 3 N–H and O–H groups in total. The van der Waals surface area contributed by atoms with Crippen LogP contribution in [0.15, 0.2) is 18.3 Å². The Morgan fingerprint density at radius 3 is 2.65 bits per heavy atom. The van der Waals surface area contributed by atoms with E-state index in [1.807, 2.05) is 20.8 Å². The van der Waals surface area contributed by atoms with Crippen LogP contribution < -0.4 is 11.1 Å². The second-order valence-electron chi connectivity index (χ2n) is 4.30. The summed E-state index contributed by atoms with van der Waals surface area (Å²) in [5, 5.41) is 2.80. The zero-order chi connectivity index (χ0) is 13.0. The highest BCUT2D eigenvalue weighted by atomic mass is 32.1. The fourth-order valence-electron chi connectivity index (χ4n) is 1.60. The van der Waals surface area contributed by atoms with Crippen molar-refractivity contribution >= 4 is 28.8 Å². The number of hydrogen-bond donors (Lipinski definition) is 2. The minimum Gasteiger partial charge on any atom is -0.393 e. The summed E-state index contributed by atoms with van der Waals surface area (Å²) in [5.41, 5.74) is 7.14. The van der Waals surface area contributed by atoms with E-state index in [2.05, 4.69) is 10.3 Å². The lowest BCUT2D eigenvalue weighted by Crippen LogP contribution is -2.36. The number of anilines is 1. The minimum atomic E-state index is -0.446. The van der Waals surface area contributed by atoms with E-state index in [0.717, 1.165) is 5.69 Å². The molecule has 1 aromatic heterocycles. The maximum atomic E-state index is 12.0. The lowest BCUT2D eigenvalue weighted by Gasteiger charge is -2.18. The molecule has 1 amide bonds. The van der Waals surface area contributed by atoms with Gasteiger partial charge in [0.2, 0.25) is 5.91 Å². The van der Waals surface area contributed by atoms with Crippen LogP contribution >= 0.6 is 12.2 Å². The predicted octanol–water partition coefficient (Wildman–Crippen LogP) is 1.89. The van der Waals surface area contributed by atoms with E-state index in [0.29, 0.717) is 5.69 Å². The molecule has 1 aromatic rings. The third-order valence-corrected chi connectivity index (χ3v) is 2.67. The highest BCUT2D eigenvalue weighted by Crippen LogP contribution is 2.15. The molecule has 1 rings (SSSR count). The summed E-state index contributed by atoms with van der Waals surface area (Å²) in [4.78, 5) is 16.3. The number of hydrogen-bond acceptors (Lipinski definition) is 3. The number of nitrogens with one attached hydrogen (secondary N) is 1. The highest BCUT2D eigenvalue weighted by molar-refractivity contribution is 7.80. The molecule has 0 saturated carbocycles. The Kier molecular flexibility index (Phi) is 4.57. The number of rotatable bonds is 4. The maximum Gasteiger partial charge on any atom is 0.234 e. The zero-order valence-corrected chi connectivity index (χ0v) is 11.0. The van der Waals surface area contributed by atoms with Gasteiger partial charge in [0.15, 0.2) is 0 Å². The molecule has 0 aliphatic carbocycles. The van der Waals surface area contributed by atoms with E-state index >= 15 is 0 Å². The Morgan fingerprint density at radius 2 is 2.18 bits per heavy atom. The van der Waals surface area contributed by atoms with Gasteiger partial charge in [-0.15, -0.1) is 0 Å². The van der Waals surface area contributed by atoms with Gasteiger partial charge < -0.3 is 11.1 Å². The molecule has 0 aliphatic rings. The lowest BCUT2D eigenvalue weighted by atomic mass is 9.95. The van der Waals surface area contributed by atoms with Crippen LogP contribution in [0.4, 0.5) is 5.69 Å². The number of nitrogens with zero attached hydrogens (tertiary/aromatic N) is 1. The average molecular weight is 251 g/mol. The molecule has 0 aliphatic heterocycles. The first kappa shape index (κ1) is 13.6. The third kappa shape index (κ3) is 3.78. The summed E-state index contributed by atoms with van der Waals surface area (Å²) in [6.07, 6.45) is 1.65. The summed E-state index contributed by atoms with van der Waals surface area (Å²) in [6, 6.07) is 3.54. The van der Waals surface area contributed by atoms with Crippen molar-refractivity contribution in [3.05, 3.63) is 24.0 Å². The molecule has 4 nitrogen and oxygen atoms in total. The lowest BCUT2D eigenvalue weighted by molar-refractivity contribution is -0.118. The number of thiocarbonyl (C=S) groups is 1. The average Bonchev–Trinajstić information content (AvgIpc) is 2.15. The molecule has 0 spiro atoms. The number of amides is 1. The normalized spacial score (nSPS) is 12.2. The fourth-order valence-corrected chi connectivity index (χ4v) is 1.98. The summed E-state index contributed by atoms with van der Waals surface area (Å²) in [6.45, 7) is 5.70. The standard InChI is InChI=1S/C12H17N3OS/c1-7(2)10(11(13)17)12(16)15-9-4-5-14-8(3)6-9/h4-7,10H,1-3H3,(H2,13,17)(H,14,15,16). The number of aryl methyl sites for hydroxylation is 1. The summed E-state index contributed by atoms with van der Waals surface area (Å²) >= 11 is 4.92. The van der Waals surface area contributed by atoms with Gasteiger partial charge in [-0.05, 0) is 25.0 Å². The van der Waals surface area contributed by atoms with Crippen molar-refractivity contribution < 1.29 is 4.79 Å². The maximum absolute atomic E-state index is 12.0. The Morgan fingerprint density at radius 1 is 1.53 bits per heavy atom. The molecule has 1 atom stereocenters. The van der Waals surface area contributed by atoms with Crippen LogP contribution in [-0.4, -0.2) is 15.9 Å². The van der Waals surface area contributed by atoms with Crippen molar-refractivity contribution in [3.63, 3.8) is 0 Å². The molecule has 1 heterocycles. The first-order chi connectivity index (χ1) is 7.91. The van der Waals surface area contributed by atoms with Crippen LogP contribution in [0, 0.1) is 18.8 Å². The quantitative estimate of drug-likeness (QED) is 0.802. The van der Waals surface area contributed by atoms with Crippen molar-refractivity contribution in [1.29, 1.82) is 0 Å². The SMILES string of the molecule is Cc1cc(NC(=O)C(C(N)=S)C(C)C)ccn1. The van der Waals surface area contributed by atoms with Crippen molar-refractivity contribution in [2.75, 3.05) is 5.32 Å². The van der Waals surface area contributed by atoms with Crippen LogP contribution in [-0.2, 0) is 4.79 Å². The summed E-state index contributed by atoms with van der Waals surface area (Å²) < 4.78 is 0. The van der Waals surface area contributed by atoms with Gasteiger partial charge in [0, 0.05) is 17.6 Å². The highest BCUT2D eigenvalue weighted by Gasteiger charge is 2.24. The molecular formula is C12H17N3OS. The third-order valence-electron chi connectivity index (χ3n) is 2.42. The molecular weight excluding hydrogens is 234 g/mol. The van der Waals surface area contributed by atoms with Crippen LogP contribution in [0.3, 0.4) is 0 Å². The van der Waals surface area contributed by atoms with E-state index < -0.39 is 5.92 Å². The van der Waals surface area contributed by atoms with Crippen LogP contribution in [0.25, 0.3) is 0 Å². The van der Waals surface area contributed by atoms with Gasteiger partial charge in [-0.1, -0.05) is 26.1 Å². The molecule has 0 radical (unpaired) electrons. The molecule has 0 fully saturated rings. The Labute approximate surface area is 107 Å². The van der Waals surface area contributed by atoms with Gasteiger partial charge in [0.05, 0.1) is 10.9 Å². The van der Waals surface area contributed by atoms with Crippen molar-refractivity contribution in [2.24, 2.45) is 17.6 Å². The van der Waals surface area contributed by atoms with E-state index in [4.69, 9.17) is 18.0 Å². The first-order valence-electron chi connectivity index (χ1n) is 5.44. The summed E-state index contributed by atoms with van der Waals surface area (Å²) in [5.74, 6) is -0.535. The number of nitrogens with two attached hydrogens (primary N) is 1. The smallest absolute Gasteiger partial charge is 0.234 e. The second kappa shape index (κ2) is 5.72. The molecule has 0 bridgehead atoms. The van der Waals surface area contributed by atoms with Crippen LogP contribution in [0.5, 0.6) is 0 Å². The van der Waals surface area contributed by atoms with E-state index in [-0.39, 0.29) is 16.8 Å². The van der Waals surface area contributed by atoms with Gasteiger partial charge in [-0.3, -0.25) is 9.78 Å².